The lowest BCUT2D eigenvalue weighted by Gasteiger charge is -2.31. The summed E-state index contributed by atoms with van der Waals surface area (Å²) in [6.07, 6.45) is 0. The first-order valence-corrected chi connectivity index (χ1v) is 32.4. The summed E-state index contributed by atoms with van der Waals surface area (Å²) in [6.45, 7) is 28.6. The number of aryl methyl sites for hydroxylation is 2. The van der Waals surface area contributed by atoms with Gasteiger partial charge in [-0.3, -0.25) is 0 Å². The summed E-state index contributed by atoms with van der Waals surface area (Å²) in [5.74, 6) is 0. The Morgan fingerprint density at radius 1 is 0.392 bits per heavy atom. The van der Waals surface area contributed by atoms with E-state index in [1.54, 1.807) is 10.4 Å². The van der Waals surface area contributed by atoms with Crippen LogP contribution in [0.3, 0.4) is 0 Å². The van der Waals surface area contributed by atoms with Crippen LogP contribution in [0.1, 0.15) is 63.8 Å². The van der Waals surface area contributed by atoms with Gasteiger partial charge < -0.3 is 18.6 Å². The second-order valence-electron chi connectivity index (χ2n) is 24.2. The van der Waals surface area contributed by atoms with Crippen LogP contribution < -0.4 is 30.5 Å². The average molecular weight is 997 g/mol. The standard InChI is InChI=1S/C68H64N2O2Si2/c1-41-21-13-17-25-51(41)69(45-33-29-43(30-34-45)67(3,4)5)53-39-58-61(64-59(53)47-23-15-19-27-55(47)72-64)50-38-37-49-60-57(73(9,10)65(49)66(50)74(58,11)12)40-54(63-62(60)48-24-16-20-28-56(48)71-63)70(52-26-18-14-22-42(52)2)46-35-31-44(32-36-46)68(6,7)8/h13-40H,1-12H3. The Morgan fingerprint density at radius 2 is 0.797 bits per heavy atom. The molecule has 2 aromatic heterocycles. The van der Waals surface area contributed by atoms with Gasteiger partial charge in [0.15, 0.2) is 5.58 Å². The van der Waals surface area contributed by atoms with Gasteiger partial charge in [-0.2, -0.15) is 0 Å². The van der Waals surface area contributed by atoms with Crippen LogP contribution in [-0.2, 0) is 10.8 Å². The van der Waals surface area contributed by atoms with Gasteiger partial charge in [0.1, 0.15) is 32.9 Å². The number of hydrogen-bond donors (Lipinski definition) is 0. The van der Waals surface area contributed by atoms with Gasteiger partial charge in [0.2, 0.25) is 0 Å². The summed E-state index contributed by atoms with van der Waals surface area (Å²) in [5, 5.41) is 10.7. The minimum atomic E-state index is -2.52. The van der Waals surface area contributed by atoms with E-state index in [9.17, 15) is 0 Å². The van der Waals surface area contributed by atoms with Crippen LogP contribution in [0.2, 0.25) is 26.2 Å². The largest absolute Gasteiger partial charge is 0.455 e. The Bertz CT molecular complexity index is 4120. The highest BCUT2D eigenvalue weighted by Crippen LogP contribution is 2.51. The predicted molar refractivity (Wildman–Crippen MR) is 322 cm³/mol. The zero-order valence-corrected chi connectivity index (χ0v) is 46.9. The number of nitrogens with zero attached hydrogens (tertiary/aromatic N) is 2. The summed E-state index contributed by atoms with van der Waals surface area (Å²) >= 11 is 0. The lowest BCUT2D eigenvalue weighted by Crippen LogP contribution is -2.63. The predicted octanol–water partition coefficient (Wildman–Crippen LogP) is 17.2. The van der Waals surface area contributed by atoms with Gasteiger partial charge in [-0.1, -0.05) is 177 Å². The van der Waals surface area contributed by atoms with Gasteiger partial charge >= 0.3 is 0 Å². The van der Waals surface area contributed by atoms with E-state index in [0.717, 1.165) is 66.9 Å². The van der Waals surface area contributed by atoms with Gasteiger partial charge in [0, 0.05) is 44.5 Å². The first-order chi connectivity index (χ1) is 35.3. The number of benzene rings is 9. The molecule has 0 fully saturated rings. The molecule has 0 radical (unpaired) electrons. The first-order valence-electron chi connectivity index (χ1n) is 26.4. The molecule has 2 aliphatic heterocycles. The second-order valence-corrected chi connectivity index (χ2v) is 32.8. The molecule has 0 bridgehead atoms. The van der Waals surface area contributed by atoms with E-state index >= 15 is 0 Å². The number of rotatable bonds is 6. The Labute approximate surface area is 437 Å². The van der Waals surface area contributed by atoms with E-state index in [1.807, 2.05) is 0 Å². The molecule has 0 aliphatic carbocycles. The van der Waals surface area contributed by atoms with E-state index in [2.05, 4.69) is 261 Å². The molecule has 2 aliphatic rings. The van der Waals surface area contributed by atoms with Crippen molar-refractivity contribution in [3.05, 3.63) is 192 Å². The molecule has 0 saturated heterocycles. The fourth-order valence-corrected chi connectivity index (χ4v) is 21.3. The number of furan rings is 2. The molecule has 0 spiro atoms. The van der Waals surface area contributed by atoms with Crippen LogP contribution >= 0.6 is 0 Å². The maximum atomic E-state index is 7.28. The highest BCUT2D eigenvalue weighted by atomic mass is 28.3. The molecule has 366 valence electrons. The third-order valence-electron chi connectivity index (χ3n) is 16.8. The summed E-state index contributed by atoms with van der Waals surface area (Å²) in [6, 6.07) is 63.5. The zero-order chi connectivity index (χ0) is 51.4. The number of fused-ring (bicyclic) bond motifs is 15. The second kappa shape index (κ2) is 16.1. The van der Waals surface area contributed by atoms with Gasteiger partial charge in [-0.15, -0.1) is 0 Å². The number of anilines is 6. The first kappa shape index (κ1) is 46.4. The van der Waals surface area contributed by atoms with Crippen LogP contribution in [0.4, 0.5) is 34.1 Å². The molecular weight excluding hydrogens is 933 g/mol. The molecule has 0 N–H and O–H groups in total. The topological polar surface area (TPSA) is 32.8 Å². The maximum absolute atomic E-state index is 7.28. The molecule has 0 unspecified atom stereocenters. The molecule has 13 rings (SSSR count). The molecule has 9 aromatic carbocycles. The molecule has 11 aromatic rings. The fourth-order valence-electron chi connectivity index (χ4n) is 12.9. The highest BCUT2D eigenvalue weighted by molar-refractivity contribution is 7.13. The van der Waals surface area contributed by atoms with E-state index in [4.69, 9.17) is 8.83 Å². The number of para-hydroxylation sites is 4. The van der Waals surface area contributed by atoms with E-state index in [1.165, 1.54) is 66.0 Å². The average Bonchev–Trinajstić information content (AvgIpc) is 4.13. The lowest BCUT2D eigenvalue weighted by atomic mass is 9.87. The van der Waals surface area contributed by atoms with E-state index in [0.29, 0.717) is 0 Å². The normalized spacial score (nSPS) is 14.4. The van der Waals surface area contributed by atoms with Crippen molar-refractivity contribution in [1.29, 1.82) is 0 Å². The maximum Gasteiger partial charge on any atom is 0.160 e. The van der Waals surface area contributed by atoms with Crippen molar-refractivity contribution >= 4 is 115 Å². The Morgan fingerprint density at radius 3 is 1.30 bits per heavy atom. The van der Waals surface area contributed by atoms with Gasteiger partial charge in [-0.25, -0.2) is 0 Å². The minimum Gasteiger partial charge on any atom is -0.455 e. The smallest absolute Gasteiger partial charge is 0.160 e. The Hall–Kier alpha value is -7.39. The summed E-state index contributed by atoms with van der Waals surface area (Å²) in [5.41, 5.74) is 21.0. The Balaban J connectivity index is 1.08. The quantitative estimate of drug-likeness (QED) is 0.155. The molecule has 0 atom stereocenters. The summed E-state index contributed by atoms with van der Waals surface area (Å²) in [7, 11) is -5.03. The van der Waals surface area contributed by atoms with Crippen molar-refractivity contribution in [3.8, 4) is 22.3 Å². The van der Waals surface area contributed by atoms with Crippen LogP contribution in [0, 0.1) is 13.8 Å². The van der Waals surface area contributed by atoms with Crippen molar-refractivity contribution in [3.63, 3.8) is 0 Å². The summed E-state index contributed by atoms with van der Waals surface area (Å²) in [4.78, 5) is 4.98. The van der Waals surface area contributed by atoms with Crippen molar-refractivity contribution in [1.82, 2.24) is 0 Å². The third kappa shape index (κ3) is 6.70. The molecule has 6 heteroatoms. The molecule has 0 amide bonds. The van der Waals surface area contributed by atoms with Gasteiger partial charge in [0.25, 0.3) is 0 Å². The van der Waals surface area contributed by atoms with Gasteiger partial charge in [-0.05, 0) is 145 Å². The molecule has 0 saturated carbocycles. The molecule has 4 heterocycles. The zero-order valence-electron chi connectivity index (χ0n) is 44.9. The van der Waals surface area contributed by atoms with E-state index in [-0.39, 0.29) is 10.8 Å². The summed E-state index contributed by atoms with van der Waals surface area (Å²) < 4.78 is 14.5. The van der Waals surface area contributed by atoms with Gasteiger partial charge in [0.05, 0.1) is 16.8 Å². The minimum absolute atomic E-state index is 0.0282. The lowest BCUT2D eigenvalue weighted by molar-refractivity contribution is 0.590. The SMILES string of the molecule is Cc1ccccc1N(c1ccc(C(C)(C)C)cc1)c1cc2c(c3c1oc1ccccc13)-c1ccc3c(c1[Si]2(C)C)[Si](C)(C)c1cc(N(c2ccc(C(C)(C)C)cc2)c2ccccc2C)c2c(oc4ccccc42)c1-3. The van der Waals surface area contributed by atoms with Crippen molar-refractivity contribution < 1.29 is 8.83 Å². The molecule has 4 nitrogen and oxygen atoms in total. The van der Waals surface area contributed by atoms with Crippen molar-refractivity contribution in [2.24, 2.45) is 0 Å². The molecule has 74 heavy (non-hydrogen) atoms. The fraction of sp³-hybridized carbons (Fsp3) is 0.206. The monoisotopic (exact) mass is 996 g/mol. The molecular formula is C68H64N2O2Si2. The number of hydrogen-bond acceptors (Lipinski definition) is 4. The van der Waals surface area contributed by atoms with Crippen molar-refractivity contribution in [2.45, 2.75) is 92.4 Å². The van der Waals surface area contributed by atoms with Crippen LogP contribution in [0.5, 0.6) is 0 Å². The van der Waals surface area contributed by atoms with Crippen LogP contribution in [-0.4, -0.2) is 16.1 Å². The van der Waals surface area contributed by atoms with E-state index < -0.39 is 16.1 Å². The Kier molecular flexibility index (Phi) is 10.1. The third-order valence-corrected chi connectivity index (χ3v) is 24.0. The van der Waals surface area contributed by atoms with Crippen LogP contribution in [0.25, 0.3) is 66.1 Å². The highest BCUT2D eigenvalue weighted by Gasteiger charge is 2.50. The van der Waals surface area contributed by atoms with Crippen molar-refractivity contribution in [2.75, 3.05) is 9.80 Å². The van der Waals surface area contributed by atoms with Crippen LogP contribution in [0.15, 0.2) is 179 Å².